The van der Waals surface area contributed by atoms with Gasteiger partial charge < -0.3 is 15.2 Å². The molecule has 6 nitrogen and oxygen atoms in total. The standard InChI is InChI=1S/C19H19N3O3/c23-19(24)13-15-6-5-14-12-16(7-8-17(14)22-15)25-11-3-10-21-18-4-1-2-9-20-18/h1-2,4-9,12H,3,10-11,13H2,(H,20,21)(H,23,24). The minimum absolute atomic E-state index is 0.0720. The Kier molecular flexibility index (Phi) is 5.41. The van der Waals surface area contributed by atoms with Crippen molar-refractivity contribution >= 4 is 22.7 Å². The molecule has 0 spiro atoms. The molecule has 6 heteroatoms. The van der Waals surface area contributed by atoms with Gasteiger partial charge in [0.15, 0.2) is 0 Å². The van der Waals surface area contributed by atoms with Crippen LogP contribution in [0.15, 0.2) is 54.7 Å². The lowest BCUT2D eigenvalue weighted by Crippen LogP contribution is -2.08. The fourth-order valence-electron chi connectivity index (χ4n) is 2.44. The van der Waals surface area contributed by atoms with Crippen molar-refractivity contribution in [2.24, 2.45) is 0 Å². The van der Waals surface area contributed by atoms with Gasteiger partial charge in [-0.15, -0.1) is 0 Å². The summed E-state index contributed by atoms with van der Waals surface area (Å²) in [5.41, 5.74) is 1.32. The second-order valence-electron chi connectivity index (χ2n) is 5.57. The van der Waals surface area contributed by atoms with Gasteiger partial charge in [0.1, 0.15) is 11.6 Å². The summed E-state index contributed by atoms with van der Waals surface area (Å²) in [7, 11) is 0. The Labute approximate surface area is 145 Å². The molecule has 0 amide bonds. The lowest BCUT2D eigenvalue weighted by molar-refractivity contribution is -0.136. The van der Waals surface area contributed by atoms with E-state index in [4.69, 9.17) is 9.84 Å². The van der Waals surface area contributed by atoms with Crippen LogP contribution in [0.3, 0.4) is 0 Å². The highest BCUT2D eigenvalue weighted by Crippen LogP contribution is 2.20. The Morgan fingerprint density at radius 2 is 2.08 bits per heavy atom. The van der Waals surface area contributed by atoms with Crippen LogP contribution in [-0.4, -0.2) is 34.2 Å². The van der Waals surface area contributed by atoms with Crippen molar-refractivity contribution in [1.29, 1.82) is 0 Å². The first-order valence-electron chi connectivity index (χ1n) is 8.10. The quantitative estimate of drug-likeness (QED) is 0.614. The fourth-order valence-corrected chi connectivity index (χ4v) is 2.44. The number of anilines is 1. The average Bonchev–Trinajstić information content (AvgIpc) is 2.62. The summed E-state index contributed by atoms with van der Waals surface area (Å²) in [5, 5.41) is 13.0. The van der Waals surface area contributed by atoms with Crippen LogP contribution >= 0.6 is 0 Å². The number of carboxylic acids is 1. The van der Waals surface area contributed by atoms with Crippen LogP contribution in [0, 0.1) is 0 Å². The molecule has 0 radical (unpaired) electrons. The normalized spacial score (nSPS) is 10.6. The highest BCUT2D eigenvalue weighted by molar-refractivity contribution is 5.81. The van der Waals surface area contributed by atoms with E-state index in [1.807, 2.05) is 42.5 Å². The summed E-state index contributed by atoms with van der Waals surface area (Å²) in [6.07, 6.45) is 2.53. The van der Waals surface area contributed by atoms with Crippen LogP contribution in [0.4, 0.5) is 5.82 Å². The zero-order valence-electron chi connectivity index (χ0n) is 13.7. The number of pyridine rings is 2. The molecule has 2 aromatic heterocycles. The van der Waals surface area contributed by atoms with Gasteiger partial charge in [-0.1, -0.05) is 12.1 Å². The topological polar surface area (TPSA) is 84.3 Å². The Morgan fingerprint density at radius 3 is 2.88 bits per heavy atom. The zero-order chi connectivity index (χ0) is 17.5. The summed E-state index contributed by atoms with van der Waals surface area (Å²) in [4.78, 5) is 19.3. The van der Waals surface area contributed by atoms with E-state index in [1.165, 1.54) is 0 Å². The molecule has 2 N–H and O–H groups in total. The zero-order valence-corrected chi connectivity index (χ0v) is 13.7. The molecule has 0 saturated heterocycles. The number of hydrogen-bond acceptors (Lipinski definition) is 5. The van der Waals surface area contributed by atoms with Gasteiger partial charge in [0, 0.05) is 18.1 Å². The third kappa shape index (κ3) is 4.91. The molecule has 0 unspecified atom stereocenters. The smallest absolute Gasteiger partial charge is 0.309 e. The minimum atomic E-state index is -0.883. The molecule has 0 fully saturated rings. The van der Waals surface area contributed by atoms with Crippen molar-refractivity contribution in [2.45, 2.75) is 12.8 Å². The fraction of sp³-hybridized carbons (Fsp3) is 0.211. The lowest BCUT2D eigenvalue weighted by atomic mass is 10.1. The van der Waals surface area contributed by atoms with Crippen LogP contribution in [0.1, 0.15) is 12.1 Å². The minimum Gasteiger partial charge on any atom is -0.494 e. The van der Waals surface area contributed by atoms with E-state index in [-0.39, 0.29) is 6.42 Å². The van der Waals surface area contributed by atoms with Crippen LogP contribution in [0.5, 0.6) is 5.75 Å². The van der Waals surface area contributed by atoms with Crippen molar-refractivity contribution < 1.29 is 14.6 Å². The number of fused-ring (bicyclic) bond motifs is 1. The van der Waals surface area contributed by atoms with Crippen molar-refractivity contribution in [3.8, 4) is 5.75 Å². The van der Waals surface area contributed by atoms with Crippen molar-refractivity contribution in [1.82, 2.24) is 9.97 Å². The highest BCUT2D eigenvalue weighted by Gasteiger charge is 2.04. The predicted octanol–water partition coefficient (Wildman–Crippen LogP) is 3.14. The number of nitrogens with zero attached hydrogens (tertiary/aromatic N) is 2. The van der Waals surface area contributed by atoms with Crippen molar-refractivity contribution in [3.05, 3.63) is 60.4 Å². The molecule has 2 heterocycles. The Morgan fingerprint density at radius 1 is 1.16 bits per heavy atom. The number of carbonyl (C=O) groups is 1. The number of aliphatic carboxylic acids is 1. The Bertz CT molecular complexity index is 853. The van der Waals surface area contributed by atoms with Crippen molar-refractivity contribution in [2.75, 3.05) is 18.5 Å². The number of aromatic nitrogens is 2. The molecule has 128 valence electrons. The molecule has 0 saturated carbocycles. The first-order valence-corrected chi connectivity index (χ1v) is 8.10. The molecule has 1 aromatic carbocycles. The number of ether oxygens (including phenoxy) is 1. The van der Waals surface area contributed by atoms with Gasteiger partial charge in [-0.2, -0.15) is 0 Å². The molecular weight excluding hydrogens is 318 g/mol. The van der Waals surface area contributed by atoms with E-state index in [1.54, 1.807) is 12.3 Å². The molecule has 3 rings (SSSR count). The van der Waals surface area contributed by atoms with Crippen molar-refractivity contribution in [3.63, 3.8) is 0 Å². The highest BCUT2D eigenvalue weighted by atomic mass is 16.5. The summed E-state index contributed by atoms with van der Waals surface area (Å²) in [6.45, 7) is 1.38. The van der Waals surface area contributed by atoms with Gasteiger partial charge in [0.25, 0.3) is 0 Å². The van der Waals surface area contributed by atoms with Gasteiger partial charge >= 0.3 is 5.97 Å². The largest absolute Gasteiger partial charge is 0.494 e. The maximum absolute atomic E-state index is 10.8. The van der Waals surface area contributed by atoms with Crippen LogP contribution in [-0.2, 0) is 11.2 Å². The second-order valence-corrected chi connectivity index (χ2v) is 5.57. The predicted molar refractivity (Wildman–Crippen MR) is 95.9 cm³/mol. The van der Waals surface area contributed by atoms with Gasteiger partial charge in [-0.25, -0.2) is 4.98 Å². The Hall–Kier alpha value is -3.15. The summed E-state index contributed by atoms with van der Waals surface area (Å²) in [6, 6.07) is 15.0. The van der Waals surface area contributed by atoms with Gasteiger partial charge in [0.2, 0.25) is 0 Å². The van der Waals surface area contributed by atoms with Gasteiger partial charge in [0.05, 0.1) is 24.2 Å². The third-order valence-electron chi connectivity index (χ3n) is 3.61. The molecule has 0 aliphatic carbocycles. The molecule has 0 aliphatic rings. The Balaban J connectivity index is 1.51. The number of carboxylic acid groups (broad SMARTS) is 1. The van der Waals surface area contributed by atoms with Gasteiger partial charge in [-0.3, -0.25) is 9.78 Å². The number of nitrogens with one attached hydrogen (secondary N) is 1. The SMILES string of the molecule is O=C(O)Cc1ccc2cc(OCCCNc3ccccn3)ccc2n1. The molecular formula is C19H19N3O3. The van der Waals surface area contributed by atoms with E-state index in [9.17, 15) is 4.79 Å². The second kappa shape index (κ2) is 8.10. The number of benzene rings is 1. The number of hydrogen-bond donors (Lipinski definition) is 2. The summed E-state index contributed by atoms with van der Waals surface area (Å²) < 4.78 is 5.76. The number of rotatable bonds is 8. The molecule has 0 aliphatic heterocycles. The monoisotopic (exact) mass is 337 g/mol. The third-order valence-corrected chi connectivity index (χ3v) is 3.61. The van der Waals surface area contributed by atoms with Crippen LogP contribution < -0.4 is 10.1 Å². The van der Waals surface area contributed by atoms with E-state index in [0.29, 0.717) is 12.3 Å². The first-order chi connectivity index (χ1) is 12.2. The van der Waals surface area contributed by atoms with E-state index < -0.39 is 5.97 Å². The molecule has 25 heavy (non-hydrogen) atoms. The lowest BCUT2D eigenvalue weighted by Gasteiger charge is -2.09. The molecule has 3 aromatic rings. The maximum atomic E-state index is 10.8. The van der Waals surface area contributed by atoms with Crippen LogP contribution in [0.2, 0.25) is 0 Å². The summed E-state index contributed by atoms with van der Waals surface area (Å²) in [5.74, 6) is 0.751. The molecule has 0 bridgehead atoms. The van der Waals surface area contributed by atoms with E-state index in [0.717, 1.165) is 35.4 Å². The van der Waals surface area contributed by atoms with Gasteiger partial charge in [-0.05, 0) is 42.8 Å². The maximum Gasteiger partial charge on any atom is 0.309 e. The van der Waals surface area contributed by atoms with E-state index in [2.05, 4.69) is 15.3 Å². The van der Waals surface area contributed by atoms with E-state index >= 15 is 0 Å². The average molecular weight is 337 g/mol. The summed E-state index contributed by atoms with van der Waals surface area (Å²) >= 11 is 0. The first kappa shape index (κ1) is 16.7. The molecule has 0 atom stereocenters. The van der Waals surface area contributed by atoms with Crippen LogP contribution in [0.25, 0.3) is 10.9 Å².